The zero-order valence-electron chi connectivity index (χ0n) is 10.6. The molecule has 96 valence electrons. The number of rotatable bonds is 5. The molecule has 0 heterocycles. The number of carboxylic acids is 1. The van der Waals surface area contributed by atoms with Gasteiger partial charge in [0.15, 0.2) is 0 Å². The van der Waals surface area contributed by atoms with Gasteiger partial charge in [-0.1, -0.05) is 6.07 Å². The topological polar surface area (TPSA) is 73.1 Å². The van der Waals surface area contributed by atoms with Crippen LogP contribution in [0.5, 0.6) is 0 Å². The van der Waals surface area contributed by atoms with E-state index in [4.69, 9.17) is 5.11 Å². The number of aliphatic carboxylic acids is 1. The normalized spacial score (nSPS) is 13.4. The third-order valence-electron chi connectivity index (χ3n) is 2.88. The van der Waals surface area contributed by atoms with Crippen LogP contribution in [0.3, 0.4) is 0 Å². The molecule has 0 aromatic heterocycles. The highest BCUT2D eigenvalue weighted by Crippen LogP contribution is 2.27. The van der Waals surface area contributed by atoms with Crippen molar-refractivity contribution in [3.8, 4) is 6.07 Å². The molecular formula is C13H16N2O2S. The number of benzene rings is 1. The van der Waals surface area contributed by atoms with Gasteiger partial charge in [0, 0.05) is 10.9 Å². The van der Waals surface area contributed by atoms with Crippen LogP contribution in [0.4, 0.5) is 5.69 Å². The molecule has 18 heavy (non-hydrogen) atoms. The summed E-state index contributed by atoms with van der Waals surface area (Å²) in [6.07, 6.45) is 1.91. The summed E-state index contributed by atoms with van der Waals surface area (Å²) >= 11 is 1.50. The molecular weight excluding hydrogens is 248 g/mol. The zero-order chi connectivity index (χ0) is 13.7. The lowest BCUT2D eigenvalue weighted by Gasteiger charge is -2.20. The Morgan fingerprint density at radius 2 is 2.17 bits per heavy atom. The van der Waals surface area contributed by atoms with Gasteiger partial charge in [0.1, 0.15) is 6.07 Å². The maximum absolute atomic E-state index is 10.9. The fourth-order valence-electron chi connectivity index (χ4n) is 1.52. The smallest absolute Gasteiger partial charge is 0.308 e. The lowest BCUT2D eigenvalue weighted by atomic mass is 10.0. The molecule has 5 heteroatoms. The molecule has 0 saturated carbocycles. The third-order valence-corrected chi connectivity index (χ3v) is 3.66. The van der Waals surface area contributed by atoms with Gasteiger partial charge in [-0.05, 0) is 32.2 Å². The van der Waals surface area contributed by atoms with Crippen LogP contribution in [0.25, 0.3) is 0 Å². The molecule has 0 radical (unpaired) electrons. The van der Waals surface area contributed by atoms with Gasteiger partial charge in [-0.25, -0.2) is 0 Å². The first-order chi connectivity index (χ1) is 8.51. The molecule has 2 N–H and O–H groups in total. The van der Waals surface area contributed by atoms with Crippen LogP contribution in [0, 0.1) is 17.2 Å². The number of nitrogens with one attached hydrogen (secondary N) is 1. The number of nitrogens with zero attached hydrogens (tertiary/aromatic N) is 1. The van der Waals surface area contributed by atoms with Gasteiger partial charge in [-0.15, -0.1) is 11.8 Å². The van der Waals surface area contributed by atoms with Gasteiger partial charge in [-0.3, -0.25) is 4.79 Å². The summed E-state index contributed by atoms with van der Waals surface area (Å²) in [6, 6.07) is 7.44. The van der Waals surface area contributed by atoms with E-state index in [0.29, 0.717) is 11.3 Å². The number of hydrogen-bond acceptors (Lipinski definition) is 4. The van der Waals surface area contributed by atoms with E-state index < -0.39 is 11.9 Å². The van der Waals surface area contributed by atoms with E-state index in [1.165, 1.54) is 11.8 Å². The van der Waals surface area contributed by atoms with Gasteiger partial charge in [0.25, 0.3) is 0 Å². The first-order valence-corrected chi connectivity index (χ1v) is 6.80. The molecule has 0 aliphatic rings. The van der Waals surface area contributed by atoms with Crippen molar-refractivity contribution in [2.24, 2.45) is 5.92 Å². The standard InChI is InChI=1S/C13H16N2O2S/c1-8(13(16)17)9(2)15-11-5-4-6-12(18-3)10(11)7-14/h4-6,8-9,15H,1-3H3,(H,16,17). The van der Waals surface area contributed by atoms with E-state index >= 15 is 0 Å². The first-order valence-electron chi connectivity index (χ1n) is 5.57. The number of carbonyl (C=O) groups is 1. The quantitative estimate of drug-likeness (QED) is 0.800. The van der Waals surface area contributed by atoms with E-state index in [2.05, 4.69) is 11.4 Å². The molecule has 0 aliphatic heterocycles. The molecule has 0 saturated heterocycles. The lowest BCUT2D eigenvalue weighted by molar-refractivity contribution is -0.141. The molecule has 0 amide bonds. The van der Waals surface area contributed by atoms with Crippen LogP contribution in [0.2, 0.25) is 0 Å². The van der Waals surface area contributed by atoms with E-state index in [-0.39, 0.29) is 6.04 Å². The minimum absolute atomic E-state index is 0.244. The molecule has 0 aliphatic carbocycles. The lowest BCUT2D eigenvalue weighted by Crippen LogP contribution is -2.30. The number of nitriles is 1. The summed E-state index contributed by atoms with van der Waals surface area (Å²) in [5.74, 6) is -1.37. The van der Waals surface area contributed by atoms with E-state index in [9.17, 15) is 10.1 Å². The molecule has 1 rings (SSSR count). The molecule has 0 fully saturated rings. The molecule has 0 spiro atoms. The largest absolute Gasteiger partial charge is 0.481 e. The Bertz CT molecular complexity index is 482. The Kier molecular flexibility index (Phi) is 5.05. The summed E-state index contributed by atoms with van der Waals surface area (Å²) in [7, 11) is 0. The van der Waals surface area contributed by atoms with E-state index in [0.717, 1.165) is 4.90 Å². The Balaban J connectivity index is 2.98. The van der Waals surface area contributed by atoms with Crippen molar-refractivity contribution >= 4 is 23.4 Å². The first kappa shape index (κ1) is 14.4. The summed E-state index contributed by atoms with van der Waals surface area (Å²) in [6.45, 7) is 3.44. The predicted octanol–water partition coefficient (Wildman–Crippen LogP) is 2.80. The second kappa shape index (κ2) is 6.31. The van der Waals surface area contributed by atoms with Crippen molar-refractivity contribution in [2.75, 3.05) is 11.6 Å². The van der Waals surface area contributed by atoms with Crippen LogP contribution >= 0.6 is 11.8 Å². The van der Waals surface area contributed by atoms with Crippen LogP contribution in [-0.4, -0.2) is 23.4 Å². The van der Waals surface area contributed by atoms with E-state index in [1.54, 1.807) is 19.9 Å². The minimum Gasteiger partial charge on any atom is -0.481 e. The van der Waals surface area contributed by atoms with Crippen molar-refractivity contribution < 1.29 is 9.90 Å². The number of thioether (sulfide) groups is 1. The van der Waals surface area contributed by atoms with Crippen molar-refractivity contribution in [3.05, 3.63) is 23.8 Å². The highest BCUT2D eigenvalue weighted by Gasteiger charge is 2.20. The van der Waals surface area contributed by atoms with Crippen molar-refractivity contribution in [3.63, 3.8) is 0 Å². The summed E-state index contributed by atoms with van der Waals surface area (Å²) in [5, 5.41) is 21.2. The monoisotopic (exact) mass is 264 g/mol. The molecule has 2 unspecified atom stereocenters. The Hall–Kier alpha value is -1.67. The molecule has 2 atom stereocenters. The minimum atomic E-state index is -0.852. The second-order valence-electron chi connectivity index (χ2n) is 4.05. The summed E-state index contributed by atoms with van der Waals surface area (Å²) < 4.78 is 0. The summed E-state index contributed by atoms with van der Waals surface area (Å²) in [5.41, 5.74) is 1.25. The maximum atomic E-state index is 10.9. The van der Waals surface area contributed by atoms with Crippen LogP contribution in [-0.2, 0) is 4.79 Å². The molecule has 1 aromatic rings. The van der Waals surface area contributed by atoms with Gasteiger partial charge >= 0.3 is 5.97 Å². The van der Waals surface area contributed by atoms with Crippen LogP contribution < -0.4 is 5.32 Å². The van der Waals surface area contributed by atoms with Gasteiger partial charge < -0.3 is 10.4 Å². The Morgan fingerprint density at radius 1 is 1.50 bits per heavy atom. The number of hydrogen-bond donors (Lipinski definition) is 2. The van der Waals surface area contributed by atoms with Crippen LogP contribution in [0.15, 0.2) is 23.1 Å². The highest BCUT2D eigenvalue weighted by molar-refractivity contribution is 7.98. The summed E-state index contributed by atoms with van der Waals surface area (Å²) in [4.78, 5) is 11.8. The average molecular weight is 264 g/mol. The van der Waals surface area contributed by atoms with E-state index in [1.807, 2.05) is 18.4 Å². The van der Waals surface area contributed by atoms with Crippen molar-refractivity contribution in [2.45, 2.75) is 24.8 Å². The number of anilines is 1. The van der Waals surface area contributed by atoms with Crippen LogP contribution in [0.1, 0.15) is 19.4 Å². The average Bonchev–Trinajstić information content (AvgIpc) is 2.37. The zero-order valence-corrected chi connectivity index (χ0v) is 11.4. The fourth-order valence-corrected chi connectivity index (χ4v) is 2.10. The number of carboxylic acid groups (broad SMARTS) is 1. The predicted molar refractivity (Wildman–Crippen MR) is 72.8 cm³/mol. The van der Waals surface area contributed by atoms with Gasteiger partial charge in [0.05, 0.1) is 17.2 Å². The van der Waals surface area contributed by atoms with Gasteiger partial charge in [0.2, 0.25) is 0 Å². The van der Waals surface area contributed by atoms with Gasteiger partial charge in [-0.2, -0.15) is 5.26 Å². The Labute approximate surface area is 111 Å². The van der Waals surface area contributed by atoms with Crippen molar-refractivity contribution in [1.29, 1.82) is 5.26 Å². The third kappa shape index (κ3) is 3.17. The second-order valence-corrected chi connectivity index (χ2v) is 4.90. The molecule has 4 nitrogen and oxygen atoms in total. The highest BCUT2D eigenvalue weighted by atomic mass is 32.2. The maximum Gasteiger partial charge on any atom is 0.308 e. The SMILES string of the molecule is CSc1cccc(NC(C)C(C)C(=O)O)c1C#N. The van der Waals surface area contributed by atoms with Crippen molar-refractivity contribution in [1.82, 2.24) is 0 Å². The molecule has 1 aromatic carbocycles. The molecule has 0 bridgehead atoms. The Morgan fingerprint density at radius 3 is 2.67 bits per heavy atom. The fraction of sp³-hybridized carbons (Fsp3) is 0.385.